The molecule has 0 aromatic heterocycles. The number of piperazine rings is 1. The number of β-amino-alcohol motifs (C(OH)–C–C–N with tert-alkyl or cyclic N) is 1. The molecule has 248 valence electrons. The average Bonchev–Trinajstić information content (AvgIpc) is 3.05. The van der Waals surface area contributed by atoms with Gasteiger partial charge in [0.15, 0.2) is 0 Å². The number of carbonyl (C=O) groups excluding carboxylic acids is 1. The number of nitrogens with one attached hydrogen (secondary N) is 3. The summed E-state index contributed by atoms with van der Waals surface area (Å²) >= 11 is 0. The van der Waals surface area contributed by atoms with E-state index in [1.54, 1.807) is 0 Å². The second kappa shape index (κ2) is 18.4. The summed E-state index contributed by atoms with van der Waals surface area (Å²) in [5.41, 5.74) is 0. The highest BCUT2D eigenvalue weighted by molar-refractivity contribution is 5.82. The standard InChI is InChI=1S/C36H66N4O3/c41-31(27-43-35-21-9-20-33-32(35)19-10-22-37-33)25-40-24-23-38-34(26-40)36(42)39-30(17-7-15-28-11-3-1-4-12-28)18-8-16-29-13-5-2-6-14-29/h28-35,37-38,41H,1-27H2,(H,39,42)/t31-,32?,33?,34?,35?/m0/s1. The van der Waals surface area contributed by atoms with Gasteiger partial charge < -0.3 is 25.8 Å². The second-order valence-electron chi connectivity index (χ2n) is 15.2. The summed E-state index contributed by atoms with van der Waals surface area (Å²) in [6.07, 6.45) is 27.4. The zero-order chi connectivity index (χ0) is 29.7. The van der Waals surface area contributed by atoms with E-state index in [-0.39, 0.29) is 18.1 Å². The number of hydrogen-bond donors (Lipinski definition) is 4. The van der Waals surface area contributed by atoms with Crippen LogP contribution in [-0.4, -0.2) is 85.6 Å². The number of nitrogens with zero attached hydrogens (tertiary/aromatic N) is 1. The lowest BCUT2D eigenvalue weighted by molar-refractivity contribution is -0.125. The number of hydrogen-bond acceptors (Lipinski definition) is 6. The molecule has 3 aliphatic carbocycles. The van der Waals surface area contributed by atoms with Crippen LogP contribution < -0.4 is 16.0 Å². The van der Waals surface area contributed by atoms with Gasteiger partial charge in [-0.05, 0) is 63.3 Å². The van der Waals surface area contributed by atoms with Crippen LogP contribution in [0.5, 0.6) is 0 Å². The van der Waals surface area contributed by atoms with Gasteiger partial charge in [0.1, 0.15) is 0 Å². The van der Waals surface area contributed by atoms with E-state index in [9.17, 15) is 9.90 Å². The third-order valence-corrected chi connectivity index (χ3v) is 11.8. The van der Waals surface area contributed by atoms with E-state index >= 15 is 0 Å². The van der Waals surface area contributed by atoms with Gasteiger partial charge in [-0.1, -0.05) is 89.9 Å². The summed E-state index contributed by atoms with van der Waals surface area (Å²) < 4.78 is 6.33. The number of aliphatic hydroxyl groups excluding tert-OH is 1. The maximum atomic E-state index is 13.5. The van der Waals surface area contributed by atoms with Gasteiger partial charge in [-0.2, -0.15) is 0 Å². The highest BCUT2D eigenvalue weighted by Gasteiger charge is 2.36. The molecule has 2 heterocycles. The highest BCUT2D eigenvalue weighted by atomic mass is 16.5. The van der Waals surface area contributed by atoms with E-state index in [0.717, 1.165) is 50.7 Å². The predicted molar refractivity (Wildman–Crippen MR) is 175 cm³/mol. The van der Waals surface area contributed by atoms with Crippen LogP contribution in [0.4, 0.5) is 0 Å². The van der Waals surface area contributed by atoms with Gasteiger partial charge in [0.25, 0.3) is 0 Å². The van der Waals surface area contributed by atoms with E-state index in [0.29, 0.717) is 37.7 Å². The number of carbonyl (C=O) groups is 1. The summed E-state index contributed by atoms with van der Waals surface area (Å²) in [7, 11) is 0. The number of amides is 1. The highest BCUT2D eigenvalue weighted by Crippen LogP contribution is 2.33. The molecule has 5 aliphatic rings. The Bertz CT molecular complexity index is 760. The molecule has 0 aromatic carbocycles. The molecule has 0 aromatic rings. The summed E-state index contributed by atoms with van der Waals surface area (Å²) in [6.45, 7) is 4.44. The summed E-state index contributed by atoms with van der Waals surface area (Å²) in [5, 5.41) is 21.6. The van der Waals surface area contributed by atoms with Crippen LogP contribution in [0.15, 0.2) is 0 Å². The lowest BCUT2D eigenvalue weighted by Gasteiger charge is -2.42. The van der Waals surface area contributed by atoms with Gasteiger partial charge in [-0.15, -0.1) is 0 Å². The number of aliphatic hydroxyl groups is 1. The summed E-state index contributed by atoms with van der Waals surface area (Å²) in [5.74, 6) is 2.58. The van der Waals surface area contributed by atoms with Crippen LogP contribution in [-0.2, 0) is 9.53 Å². The van der Waals surface area contributed by atoms with Crippen molar-refractivity contribution >= 4 is 5.91 Å². The van der Waals surface area contributed by atoms with Gasteiger partial charge in [0.05, 0.1) is 24.9 Å². The normalized spacial score (nSPS) is 30.7. The van der Waals surface area contributed by atoms with Crippen LogP contribution in [0.3, 0.4) is 0 Å². The Kier molecular flexibility index (Phi) is 14.4. The van der Waals surface area contributed by atoms with Crippen molar-refractivity contribution in [3.8, 4) is 0 Å². The van der Waals surface area contributed by atoms with Crippen LogP contribution >= 0.6 is 0 Å². The Morgan fingerprint density at radius 1 is 0.814 bits per heavy atom. The van der Waals surface area contributed by atoms with E-state index in [2.05, 4.69) is 20.9 Å². The van der Waals surface area contributed by atoms with Crippen LogP contribution in [0.25, 0.3) is 0 Å². The largest absolute Gasteiger partial charge is 0.389 e. The summed E-state index contributed by atoms with van der Waals surface area (Å²) in [6, 6.07) is 0.693. The lowest BCUT2D eigenvalue weighted by atomic mass is 9.77. The monoisotopic (exact) mass is 603 g/mol. The zero-order valence-corrected chi connectivity index (χ0v) is 27.4. The fourth-order valence-electron chi connectivity index (χ4n) is 9.28. The fraction of sp³-hybridized carbons (Fsp3) is 0.972. The van der Waals surface area contributed by atoms with Crippen molar-refractivity contribution in [2.45, 2.75) is 165 Å². The van der Waals surface area contributed by atoms with Crippen LogP contribution in [0, 0.1) is 17.8 Å². The number of rotatable bonds is 15. The topological polar surface area (TPSA) is 85.9 Å². The molecule has 5 rings (SSSR count). The number of fused-ring (bicyclic) bond motifs is 1. The maximum absolute atomic E-state index is 13.5. The minimum absolute atomic E-state index is 0.161. The quantitative estimate of drug-likeness (QED) is 0.197. The molecule has 4 unspecified atom stereocenters. The Labute approximate surface area is 263 Å². The molecule has 7 nitrogen and oxygen atoms in total. The first-order valence-corrected chi connectivity index (χ1v) is 18.9. The Hall–Kier alpha value is -0.730. The minimum Gasteiger partial charge on any atom is -0.389 e. The molecule has 4 N–H and O–H groups in total. The van der Waals surface area contributed by atoms with Gasteiger partial charge in [-0.25, -0.2) is 0 Å². The van der Waals surface area contributed by atoms with E-state index in [4.69, 9.17) is 4.74 Å². The molecule has 5 fully saturated rings. The molecule has 1 amide bonds. The maximum Gasteiger partial charge on any atom is 0.238 e. The molecular formula is C36H66N4O3. The van der Waals surface area contributed by atoms with Crippen molar-refractivity contribution in [1.29, 1.82) is 0 Å². The van der Waals surface area contributed by atoms with Crippen LogP contribution in [0.2, 0.25) is 0 Å². The number of ether oxygens (including phenoxy) is 1. The van der Waals surface area contributed by atoms with Crippen molar-refractivity contribution in [3.63, 3.8) is 0 Å². The first-order valence-electron chi connectivity index (χ1n) is 18.9. The summed E-state index contributed by atoms with van der Waals surface area (Å²) in [4.78, 5) is 15.8. The van der Waals surface area contributed by atoms with Crippen molar-refractivity contribution in [2.75, 3.05) is 39.3 Å². The molecule has 2 saturated heterocycles. The minimum atomic E-state index is -0.508. The SMILES string of the molecule is O=C(NC(CCCC1CCCCC1)CCCC1CCCCC1)C1CN(C[C@H](O)COC2CCCC3NCCCC32)CCN1. The molecule has 43 heavy (non-hydrogen) atoms. The number of piperidine rings is 1. The molecule has 2 aliphatic heterocycles. The Morgan fingerprint density at radius 3 is 2.21 bits per heavy atom. The van der Waals surface area contributed by atoms with Gasteiger partial charge in [0, 0.05) is 44.2 Å². The van der Waals surface area contributed by atoms with Crippen molar-refractivity contribution < 1.29 is 14.6 Å². The first kappa shape index (κ1) is 33.6. The molecule has 7 heteroatoms. The third-order valence-electron chi connectivity index (χ3n) is 11.8. The molecule has 0 bridgehead atoms. The molecule has 5 atom stereocenters. The Morgan fingerprint density at radius 2 is 1.51 bits per heavy atom. The van der Waals surface area contributed by atoms with E-state index in [1.165, 1.54) is 116 Å². The molecule has 0 spiro atoms. The molecule has 3 saturated carbocycles. The van der Waals surface area contributed by atoms with Crippen molar-refractivity contribution in [3.05, 3.63) is 0 Å². The van der Waals surface area contributed by atoms with Gasteiger partial charge >= 0.3 is 0 Å². The van der Waals surface area contributed by atoms with Gasteiger partial charge in [-0.3, -0.25) is 9.69 Å². The molecular weight excluding hydrogens is 536 g/mol. The average molecular weight is 603 g/mol. The van der Waals surface area contributed by atoms with Crippen LogP contribution in [0.1, 0.15) is 135 Å². The van der Waals surface area contributed by atoms with E-state index in [1.807, 2.05) is 0 Å². The smallest absolute Gasteiger partial charge is 0.238 e. The van der Waals surface area contributed by atoms with Crippen molar-refractivity contribution in [1.82, 2.24) is 20.9 Å². The fourth-order valence-corrected chi connectivity index (χ4v) is 9.28. The lowest BCUT2D eigenvalue weighted by Crippen LogP contribution is -2.59. The van der Waals surface area contributed by atoms with E-state index < -0.39 is 6.10 Å². The Balaban J connectivity index is 1.04. The van der Waals surface area contributed by atoms with Gasteiger partial charge in [0.2, 0.25) is 5.91 Å². The first-order chi connectivity index (χ1) is 21.1. The molecule has 0 radical (unpaired) electrons. The second-order valence-corrected chi connectivity index (χ2v) is 15.2. The van der Waals surface area contributed by atoms with Crippen molar-refractivity contribution in [2.24, 2.45) is 17.8 Å². The zero-order valence-electron chi connectivity index (χ0n) is 27.4. The third kappa shape index (κ3) is 11.2. The predicted octanol–water partition coefficient (Wildman–Crippen LogP) is 5.54.